The van der Waals surface area contributed by atoms with Gasteiger partial charge in [0.05, 0.1) is 6.61 Å². The van der Waals surface area contributed by atoms with Gasteiger partial charge >= 0.3 is 0 Å². The van der Waals surface area contributed by atoms with Crippen molar-refractivity contribution in [3.8, 4) is 5.88 Å². The molecule has 1 aliphatic rings. The minimum Gasteiger partial charge on any atom is -0.476 e. The molecule has 1 unspecified atom stereocenters. The van der Waals surface area contributed by atoms with Gasteiger partial charge in [0.2, 0.25) is 11.8 Å². The SMILES string of the molecule is CCCOc1ncnc(N2CCC(NC(C)=O)C2)c1N. The average molecular weight is 279 g/mol. The fraction of sp³-hybridized carbons (Fsp3) is 0.615. The van der Waals surface area contributed by atoms with Crippen molar-refractivity contribution in [3.05, 3.63) is 6.33 Å². The highest BCUT2D eigenvalue weighted by Crippen LogP contribution is 2.30. The van der Waals surface area contributed by atoms with E-state index in [9.17, 15) is 4.79 Å². The van der Waals surface area contributed by atoms with Crippen molar-refractivity contribution < 1.29 is 9.53 Å². The van der Waals surface area contributed by atoms with Gasteiger partial charge in [0.25, 0.3) is 0 Å². The van der Waals surface area contributed by atoms with E-state index in [0.717, 1.165) is 19.4 Å². The number of ether oxygens (including phenoxy) is 1. The molecule has 110 valence electrons. The largest absolute Gasteiger partial charge is 0.476 e. The number of nitrogens with zero attached hydrogens (tertiary/aromatic N) is 3. The van der Waals surface area contributed by atoms with Gasteiger partial charge in [-0.3, -0.25) is 4.79 Å². The third-order valence-electron chi connectivity index (χ3n) is 3.16. The second-order valence-electron chi connectivity index (χ2n) is 4.90. The Bertz CT molecular complexity index is 480. The van der Waals surface area contributed by atoms with E-state index in [1.54, 1.807) is 0 Å². The number of carbonyl (C=O) groups excluding carboxylic acids is 1. The van der Waals surface area contributed by atoms with Crippen LogP contribution in [0.25, 0.3) is 0 Å². The van der Waals surface area contributed by atoms with Crippen LogP contribution in [0.4, 0.5) is 11.5 Å². The van der Waals surface area contributed by atoms with Crippen LogP contribution in [0, 0.1) is 0 Å². The first-order valence-corrected chi connectivity index (χ1v) is 6.87. The lowest BCUT2D eigenvalue weighted by molar-refractivity contribution is -0.119. The van der Waals surface area contributed by atoms with Crippen LogP contribution in [-0.4, -0.2) is 41.6 Å². The molecule has 3 N–H and O–H groups in total. The lowest BCUT2D eigenvalue weighted by Crippen LogP contribution is -2.35. The maximum absolute atomic E-state index is 11.1. The number of anilines is 2. The number of amides is 1. The highest BCUT2D eigenvalue weighted by atomic mass is 16.5. The zero-order valence-electron chi connectivity index (χ0n) is 11.9. The Labute approximate surface area is 118 Å². The number of nitrogens with one attached hydrogen (secondary N) is 1. The van der Waals surface area contributed by atoms with Crippen LogP contribution in [-0.2, 0) is 4.79 Å². The molecule has 0 bridgehead atoms. The average Bonchev–Trinajstić information content (AvgIpc) is 2.85. The summed E-state index contributed by atoms with van der Waals surface area (Å²) in [5.41, 5.74) is 6.53. The lowest BCUT2D eigenvalue weighted by atomic mass is 10.2. The van der Waals surface area contributed by atoms with Crippen LogP contribution in [0.3, 0.4) is 0 Å². The normalized spacial score (nSPS) is 18.1. The number of aromatic nitrogens is 2. The summed E-state index contributed by atoms with van der Waals surface area (Å²) in [6, 6.07) is 0.141. The van der Waals surface area contributed by atoms with Crippen molar-refractivity contribution >= 4 is 17.4 Å². The maximum atomic E-state index is 11.1. The summed E-state index contributed by atoms with van der Waals surface area (Å²) in [6.07, 6.45) is 3.24. The minimum atomic E-state index is -0.0144. The maximum Gasteiger partial charge on any atom is 0.242 e. The minimum absolute atomic E-state index is 0.0144. The number of hydrogen-bond donors (Lipinski definition) is 2. The highest BCUT2D eigenvalue weighted by Gasteiger charge is 2.26. The van der Waals surface area contributed by atoms with E-state index in [-0.39, 0.29) is 11.9 Å². The van der Waals surface area contributed by atoms with Crippen LogP contribution in [0.1, 0.15) is 26.7 Å². The van der Waals surface area contributed by atoms with E-state index in [1.807, 2.05) is 6.92 Å². The summed E-state index contributed by atoms with van der Waals surface area (Å²) in [4.78, 5) is 21.4. The Balaban J connectivity index is 2.07. The molecule has 0 aromatic carbocycles. The monoisotopic (exact) mass is 279 g/mol. The number of carbonyl (C=O) groups is 1. The molecular formula is C13H21N5O2. The number of hydrogen-bond acceptors (Lipinski definition) is 6. The first-order chi connectivity index (χ1) is 9.61. The Morgan fingerprint density at radius 2 is 2.40 bits per heavy atom. The Hall–Kier alpha value is -2.05. The molecule has 2 rings (SSSR count). The summed E-state index contributed by atoms with van der Waals surface area (Å²) >= 11 is 0. The molecule has 7 heteroatoms. The molecule has 1 saturated heterocycles. The summed E-state index contributed by atoms with van der Waals surface area (Å²) in [7, 11) is 0. The predicted molar refractivity (Wildman–Crippen MR) is 76.7 cm³/mol. The van der Waals surface area contributed by atoms with E-state index >= 15 is 0 Å². The standard InChI is InChI=1S/C13H21N5O2/c1-3-6-20-13-11(14)12(15-8-16-13)18-5-4-10(7-18)17-9(2)19/h8,10H,3-7,14H2,1-2H3,(H,17,19). The van der Waals surface area contributed by atoms with Gasteiger partial charge in [-0.15, -0.1) is 0 Å². The zero-order valence-corrected chi connectivity index (χ0v) is 11.9. The van der Waals surface area contributed by atoms with Crippen molar-refractivity contribution in [2.24, 2.45) is 0 Å². The molecule has 0 spiro atoms. The Morgan fingerprint density at radius 3 is 3.10 bits per heavy atom. The molecule has 20 heavy (non-hydrogen) atoms. The van der Waals surface area contributed by atoms with Crippen molar-refractivity contribution in [2.75, 3.05) is 30.3 Å². The van der Waals surface area contributed by atoms with Crippen molar-refractivity contribution in [1.82, 2.24) is 15.3 Å². The fourth-order valence-electron chi connectivity index (χ4n) is 2.29. The van der Waals surface area contributed by atoms with Gasteiger partial charge in [-0.1, -0.05) is 6.92 Å². The van der Waals surface area contributed by atoms with Gasteiger partial charge in [0.1, 0.15) is 12.0 Å². The summed E-state index contributed by atoms with van der Waals surface area (Å²) < 4.78 is 5.51. The van der Waals surface area contributed by atoms with E-state index in [2.05, 4.69) is 20.2 Å². The van der Waals surface area contributed by atoms with Crippen LogP contribution in [0.2, 0.25) is 0 Å². The van der Waals surface area contributed by atoms with E-state index < -0.39 is 0 Å². The second kappa shape index (κ2) is 6.40. The Kier molecular flexibility index (Phi) is 4.60. The molecule has 1 aromatic heterocycles. The van der Waals surface area contributed by atoms with Crippen LogP contribution < -0.4 is 20.7 Å². The molecular weight excluding hydrogens is 258 g/mol. The smallest absolute Gasteiger partial charge is 0.242 e. The van der Waals surface area contributed by atoms with Crippen molar-refractivity contribution in [2.45, 2.75) is 32.7 Å². The van der Waals surface area contributed by atoms with Crippen molar-refractivity contribution in [1.29, 1.82) is 0 Å². The number of nitrogen functional groups attached to an aromatic ring is 1. The summed E-state index contributed by atoms with van der Waals surface area (Å²) in [5, 5.41) is 2.91. The molecule has 0 radical (unpaired) electrons. The number of rotatable bonds is 5. The molecule has 0 aliphatic carbocycles. The zero-order chi connectivity index (χ0) is 14.5. The fourth-order valence-corrected chi connectivity index (χ4v) is 2.29. The highest BCUT2D eigenvalue weighted by molar-refractivity contribution is 5.73. The van der Waals surface area contributed by atoms with E-state index in [0.29, 0.717) is 30.5 Å². The van der Waals surface area contributed by atoms with E-state index in [1.165, 1.54) is 13.3 Å². The molecule has 1 aliphatic heterocycles. The molecule has 1 aromatic rings. The molecule has 2 heterocycles. The molecule has 1 amide bonds. The van der Waals surface area contributed by atoms with Crippen LogP contribution in [0.5, 0.6) is 5.88 Å². The first-order valence-electron chi connectivity index (χ1n) is 6.87. The Morgan fingerprint density at radius 1 is 1.60 bits per heavy atom. The summed E-state index contributed by atoms with van der Waals surface area (Å²) in [5.74, 6) is 1.10. The van der Waals surface area contributed by atoms with E-state index in [4.69, 9.17) is 10.5 Å². The first kappa shape index (κ1) is 14.4. The van der Waals surface area contributed by atoms with Gasteiger partial charge in [-0.2, -0.15) is 4.98 Å². The van der Waals surface area contributed by atoms with Gasteiger partial charge in [-0.25, -0.2) is 4.98 Å². The third kappa shape index (κ3) is 3.28. The molecule has 0 saturated carbocycles. The van der Waals surface area contributed by atoms with Gasteiger partial charge in [0, 0.05) is 26.1 Å². The predicted octanol–water partition coefficient (Wildman–Crippen LogP) is 0.562. The van der Waals surface area contributed by atoms with Crippen LogP contribution in [0.15, 0.2) is 6.33 Å². The molecule has 7 nitrogen and oxygen atoms in total. The molecule has 1 fully saturated rings. The van der Waals surface area contributed by atoms with Gasteiger partial charge in [-0.05, 0) is 12.8 Å². The topological polar surface area (TPSA) is 93.4 Å². The molecule has 1 atom stereocenters. The third-order valence-corrected chi connectivity index (χ3v) is 3.16. The number of nitrogens with two attached hydrogens (primary N) is 1. The van der Waals surface area contributed by atoms with Crippen molar-refractivity contribution in [3.63, 3.8) is 0 Å². The quantitative estimate of drug-likeness (QED) is 0.818. The second-order valence-corrected chi connectivity index (χ2v) is 4.90. The summed E-state index contributed by atoms with van der Waals surface area (Å²) in [6.45, 7) is 5.64. The van der Waals surface area contributed by atoms with Crippen LogP contribution >= 0.6 is 0 Å². The van der Waals surface area contributed by atoms with Gasteiger partial charge < -0.3 is 20.7 Å². The lowest BCUT2D eigenvalue weighted by Gasteiger charge is -2.20. The van der Waals surface area contributed by atoms with Gasteiger partial charge in [0.15, 0.2) is 5.82 Å².